The van der Waals surface area contributed by atoms with Gasteiger partial charge in [-0.3, -0.25) is 0 Å². The second kappa shape index (κ2) is 5.64. The minimum absolute atomic E-state index is 0.146. The van der Waals surface area contributed by atoms with E-state index in [4.69, 9.17) is 0 Å². The summed E-state index contributed by atoms with van der Waals surface area (Å²) in [6.07, 6.45) is 4.58. The zero-order valence-electron chi connectivity index (χ0n) is 9.53. The maximum Gasteiger partial charge on any atom is 0.119 e. The monoisotopic (exact) mass is 208 g/mol. The summed E-state index contributed by atoms with van der Waals surface area (Å²) in [6, 6.07) is 4.81. The third kappa shape index (κ3) is 4.24. The molecule has 0 aliphatic carbocycles. The van der Waals surface area contributed by atoms with Crippen molar-refractivity contribution in [2.75, 3.05) is 0 Å². The first-order valence-corrected chi connectivity index (χ1v) is 5.63. The van der Waals surface area contributed by atoms with Crippen LogP contribution >= 0.6 is 0 Å². The minimum atomic E-state index is 0.146. The molecular weight excluding hydrogens is 188 g/mol. The van der Waals surface area contributed by atoms with Crippen molar-refractivity contribution in [1.82, 2.24) is 0 Å². The third-order valence-electron chi connectivity index (χ3n) is 2.60. The first-order valence-electron chi connectivity index (χ1n) is 5.63. The van der Waals surface area contributed by atoms with E-state index in [1.807, 2.05) is 0 Å². The van der Waals surface area contributed by atoms with Crippen molar-refractivity contribution in [2.45, 2.75) is 39.5 Å². The Balaban J connectivity index is 2.56. The summed E-state index contributed by atoms with van der Waals surface area (Å²) in [6.45, 7) is 4.39. The molecule has 0 aliphatic rings. The van der Waals surface area contributed by atoms with Gasteiger partial charge in [0, 0.05) is 6.07 Å². The molecule has 0 aliphatic heterocycles. The Morgan fingerprint density at radius 3 is 2.27 bits per heavy atom. The smallest absolute Gasteiger partial charge is 0.119 e. The van der Waals surface area contributed by atoms with Crippen LogP contribution in [-0.4, -0.2) is 10.2 Å². The van der Waals surface area contributed by atoms with Gasteiger partial charge in [-0.15, -0.1) is 0 Å². The van der Waals surface area contributed by atoms with E-state index >= 15 is 0 Å². The molecule has 15 heavy (non-hydrogen) atoms. The Morgan fingerprint density at radius 1 is 1.13 bits per heavy atom. The number of unbranched alkanes of at least 4 members (excludes halogenated alkanes) is 1. The van der Waals surface area contributed by atoms with E-state index in [-0.39, 0.29) is 11.5 Å². The van der Waals surface area contributed by atoms with Crippen LogP contribution in [0.15, 0.2) is 18.2 Å². The molecule has 1 aromatic carbocycles. The molecule has 2 N–H and O–H groups in total. The topological polar surface area (TPSA) is 40.5 Å². The lowest BCUT2D eigenvalue weighted by Crippen LogP contribution is -1.99. The lowest BCUT2D eigenvalue weighted by Gasteiger charge is -2.11. The van der Waals surface area contributed by atoms with Crippen LogP contribution in [0.4, 0.5) is 0 Å². The lowest BCUT2D eigenvalue weighted by atomic mass is 9.96. The molecule has 0 fully saturated rings. The van der Waals surface area contributed by atoms with Crippen molar-refractivity contribution in [2.24, 2.45) is 5.92 Å². The van der Waals surface area contributed by atoms with Crippen LogP contribution in [0.3, 0.4) is 0 Å². The van der Waals surface area contributed by atoms with Crippen molar-refractivity contribution in [3.05, 3.63) is 23.8 Å². The largest absolute Gasteiger partial charge is 0.508 e. The summed E-state index contributed by atoms with van der Waals surface area (Å²) < 4.78 is 0. The minimum Gasteiger partial charge on any atom is -0.508 e. The molecule has 0 radical (unpaired) electrons. The number of benzene rings is 1. The Labute approximate surface area is 91.6 Å². The van der Waals surface area contributed by atoms with Gasteiger partial charge in [0.15, 0.2) is 0 Å². The molecule has 0 unspecified atom stereocenters. The number of phenols is 2. The zero-order chi connectivity index (χ0) is 11.3. The van der Waals surface area contributed by atoms with Gasteiger partial charge in [-0.25, -0.2) is 0 Å². The van der Waals surface area contributed by atoms with Gasteiger partial charge >= 0.3 is 0 Å². The first-order chi connectivity index (χ1) is 7.11. The Bertz CT molecular complexity index is 287. The highest BCUT2D eigenvalue weighted by Crippen LogP contribution is 2.23. The molecule has 1 rings (SSSR count). The van der Waals surface area contributed by atoms with E-state index in [0.29, 0.717) is 5.92 Å². The number of aromatic hydroxyl groups is 2. The summed E-state index contributed by atoms with van der Waals surface area (Å²) >= 11 is 0. The van der Waals surface area contributed by atoms with Crippen molar-refractivity contribution in [3.63, 3.8) is 0 Å². The quantitative estimate of drug-likeness (QED) is 0.777. The molecule has 0 spiro atoms. The second-order valence-corrected chi connectivity index (χ2v) is 4.31. The molecule has 1 aromatic rings. The Kier molecular flexibility index (Phi) is 4.47. The van der Waals surface area contributed by atoms with Gasteiger partial charge in [0.2, 0.25) is 0 Å². The van der Waals surface area contributed by atoms with Gasteiger partial charge in [0.1, 0.15) is 11.5 Å². The summed E-state index contributed by atoms with van der Waals surface area (Å²) in [5.41, 5.74) is 1.01. The van der Waals surface area contributed by atoms with Crippen LogP contribution in [0.1, 0.15) is 38.7 Å². The van der Waals surface area contributed by atoms with Gasteiger partial charge in [-0.1, -0.05) is 33.1 Å². The molecule has 84 valence electrons. The zero-order valence-corrected chi connectivity index (χ0v) is 9.53. The summed E-state index contributed by atoms with van der Waals surface area (Å²) in [4.78, 5) is 0. The average molecular weight is 208 g/mol. The maximum atomic E-state index is 9.32. The van der Waals surface area contributed by atoms with Crippen LogP contribution in [0, 0.1) is 5.92 Å². The van der Waals surface area contributed by atoms with Crippen LogP contribution in [0.5, 0.6) is 11.5 Å². The number of hydrogen-bond acceptors (Lipinski definition) is 2. The van der Waals surface area contributed by atoms with E-state index in [2.05, 4.69) is 13.8 Å². The van der Waals surface area contributed by atoms with Gasteiger partial charge in [-0.2, -0.15) is 0 Å². The van der Waals surface area contributed by atoms with Crippen molar-refractivity contribution < 1.29 is 10.2 Å². The normalized spacial score (nSPS) is 12.7. The first kappa shape index (κ1) is 11.9. The van der Waals surface area contributed by atoms with E-state index in [1.165, 1.54) is 25.3 Å². The predicted molar refractivity (Wildman–Crippen MR) is 62.2 cm³/mol. The maximum absolute atomic E-state index is 9.32. The van der Waals surface area contributed by atoms with Gasteiger partial charge in [0.05, 0.1) is 0 Å². The lowest BCUT2D eigenvalue weighted by molar-refractivity contribution is 0.446. The number of rotatable bonds is 5. The SMILES string of the molecule is CCCC[C@@H](C)Cc1cc(O)cc(O)c1. The molecule has 0 aromatic heterocycles. The Morgan fingerprint density at radius 2 is 1.73 bits per heavy atom. The average Bonchev–Trinajstić information content (AvgIpc) is 2.13. The molecule has 0 saturated heterocycles. The molecule has 0 bridgehead atoms. The van der Waals surface area contributed by atoms with Crippen LogP contribution in [-0.2, 0) is 6.42 Å². The molecule has 2 heteroatoms. The van der Waals surface area contributed by atoms with Crippen molar-refractivity contribution >= 4 is 0 Å². The van der Waals surface area contributed by atoms with Crippen LogP contribution in [0.25, 0.3) is 0 Å². The van der Waals surface area contributed by atoms with Crippen molar-refractivity contribution in [1.29, 1.82) is 0 Å². The second-order valence-electron chi connectivity index (χ2n) is 4.31. The van der Waals surface area contributed by atoms with E-state index in [1.54, 1.807) is 12.1 Å². The third-order valence-corrected chi connectivity index (χ3v) is 2.60. The summed E-state index contributed by atoms with van der Waals surface area (Å²) in [7, 11) is 0. The standard InChI is InChI=1S/C13H20O2/c1-3-4-5-10(2)6-11-7-12(14)9-13(15)8-11/h7-10,14-15H,3-6H2,1-2H3/t10-/m1/s1. The molecular formula is C13H20O2. The van der Waals surface area contributed by atoms with E-state index in [9.17, 15) is 10.2 Å². The van der Waals surface area contributed by atoms with E-state index < -0.39 is 0 Å². The highest BCUT2D eigenvalue weighted by atomic mass is 16.3. The fraction of sp³-hybridized carbons (Fsp3) is 0.538. The van der Waals surface area contributed by atoms with Gasteiger partial charge in [0.25, 0.3) is 0 Å². The van der Waals surface area contributed by atoms with Crippen LogP contribution < -0.4 is 0 Å². The molecule has 2 nitrogen and oxygen atoms in total. The van der Waals surface area contributed by atoms with Gasteiger partial charge in [-0.05, 0) is 30.0 Å². The molecule has 0 amide bonds. The number of hydrogen-bond donors (Lipinski definition) is 2. The predicted octanol–water partition coefficient (Wildman–Crippen LogP) is 3.47. The fourth-order valence-corrected chi connectivity index (χ4v) is 1.83. The highest BCUT2D eigenvalue weighted by Gasteiger charge is 2.05. The fourth-order valence-electron chi connectivity index (χ4n) is 1.83. The number of phenolic OH excluding ortho intramolecular Hbond substituents is 2. The molecule has 0 heterocycles. The van der Waals surface area contributed by atoms with Gasteiger partial charge < -0.3 is 10.2 Å². The Hall–Kier alpha value is -1.18. The molecule has 0 saturated carbocycles. The van der Waals surface area contributed by atoms with Crippen LogP contribution in [0.2, 0.25) is 0 Å². The highest BCUT2D eigenvalue weighted by molar-refractivity contribution is 5.36. The van der Waals surface area contributed by atoms with E-state index in [0.717, 1.165) is 12.0 Å². The summed E-state index contributed by atoms with van der Waals surface area (Å²) in [5, 5.41) is 18.6. The summed E-state index contributed by atoms with van der Waals surface area (Å²) in [5.74, 6) is 0.895. The molecule has 1 atom stereocenters. The van der Waals surface area contributed by atoms with Crippen molar-refractivity contribution in [3.8, 4) is 11.5 Å².